The molecule has 1 saturated heterocycles. The fraction of sp³-hybridized carbons (Fsp3) is 0.545. The summed E-state index contributed by atoms with van der Waals surface area (Å²) in [5.41, 5.74) is 0.176. The van der Waals surface area contributed by atoms with E-state index in [0.29, 0.717) is 13.2 Å². The van der Waals surface area contributed by atoms with Gasteiger partial charge in [0.1, 0.15) is 5.69 Å². The number of rotatable bonds is 4. The molecule has 4 N–H and O–H groups in total. The van der Waals surface area contributed by atoms with Crippen LogP contribution in [-0.2, 0) is 14.8 Å². The first-order chi connectivity index (χ1) is 8.88. The average molecular weight is 287 g/mol. The van der Waals surface area contributed by atoms with Crippen molar-refractivity contribution in [2.24, 2.45) is 11.1 Å². The van der Waals surface area contributed by atoms with E-state index in [2.05, 4.69) is 10.3 Å². The molecule has 0 aromatic carbocycles. The minimum Gasteiger partial charge on any atom is -0.381 e. The lowest BCUT2D eigenvalue weighted by Crippen LogP contribution is -2.38. The predicted octanol–water partition coefficient (Wildman–Crippen LogP) is -0.183. The Morgan fingerprint density at radius 1 is 1.63 bits per heavy atom. The van der Waals surface area contributed by atoms with Crippen molar-refractivity contribution in [1.29, 1.82) is 0 Å². The van der Waals surface area contributed by atoms with E-state index in [0.717, 1.165) is 6.42 Å². The maximum Gasteiger partial charge on any atom is 0.267 e. The topological polar surface area (TPSA) is 114 Å². The summed E-state index contributed by atoms with van der Waals surface area (Å²) in [5.74, 6) is -0.0640. The van der Waals surface area contributed by atoms with E-state index >= 15 is 0 Å². The molecule has 1 amide bonds. The Morgan fingerprint density at radius 2 is 2.37 bits per heavy atom. The maximum atomic E-state index is 11.9. The van der Waals surface area contributed by atoms with Gasteiger partial charge in [0.15, 0.2) is 0 Å². The van der Waals surface area contributed by atoms with E-state index in [9.17, 15) is 13.2 Å². The van der Waals surface area contributed by atoms with Crippen molar-refractivity contribution >= 4 is 15.9 Å². The van der Waals surface area contributed by atoms with Crippen molar-refractivity contribution in [3.8, 4) is 0 Å². The van der Waals surface area contributed by atoms with Crippen molar-refractivity contribution in [3.63, 3.8) is 0 Å². The Morgan fingerprint density at radius 3 is 2.89 bits per heavy atom. The maximum absolute atomic E-state index is 11.9. The molecule has 1 aliphatic heterocycles. The molecule has 19 heavy (non-hydrogen) atoms. The zero-order valence-corrected chi connectivity index (χ0v) is 11.4. The molecule has 1 aromatic heterocycles. The van der Waals surface area contributed by atoms with Crippen LogP contribution < -0.4 is 10.5 Å². The van der Waals surface area contributed by atoms with Gasteiger partial charge < -0.3 is 15.0 Å². The number of hydrogen-bond donors (Lipinski definition) is 3. The van der Waals surface area contributed by atoms with E-state index in [1.54, 1.807) is 0 Å². The molecule has 0 saturated carbocycles. The van der Waals surface area contributed by atoms with Crippen LogP contribution in [0.4, 0.5) is 0 Å². The van der Waals surface area contributed by atoms with Crippen LogP contribution in [0, 0.1) is 5.92 Å². The van der Waals surface area contributed by atoms with Crippen LogP contribution in [0.15, 0.2) is 17.2 Å². The van der Waals surface area contributed by atoms with Crippen LogP contribution in [0.5, 0.6) is 0 Å². The zero-order valence-electron chi connectivity index (χ0n) is 10.5. The van der Waals surface area contributed by atoms with Crippen LogP contribution in [0.3, 0.4) is 0 Å². The highest BCUT2D eigenvalue weighted by Crippen LogP contribution is 2.17. The van der Waals surface area contributed by atoms with Gasteiger partial charge in [-0.2, -0.15) is 0 Å². The molecule has 106 valence electrons. The van der Waals surface area contributed by atoms with Gasteiger partial charge >= 0.3 is 0 Å². The molecule has 1 fully saturated rings. The Hall–Kier alpha value is -1.38. The van der Waals surface area contributed by atoms with Gasteiger partial charge in [-0.05, 0) is 19.4 Å². The Labute approximate surface area is 111 Å². The quantitative estimate of drug-likeness (QED) is 0.712. The largest absolute Gasteiger partial charge is 0.381 e. The molecule has 8 heteroatoms. The third-order valence-corrected chi connectivity index (χ3v) is 4.15. The van der Waals surface area contributed by atoms with Crippen molar-refractivity contribution < 1.29 is 17.9 Å². The molecule has 2 rings (SSSR count). The second-order valence-electron chi connectivity index (χ2n) is 4.68. The van der Waals surface area contributed by atoms with Gasteiger partial charge in [0.25, 0.3) is 5.91 Å². The first kappa shape index (κ1) is 14.0. The summed E-state index contributed by atoms with van der Waals surface area (Å²) in [7, 11) is -3.79. The molecule has 2 heterocycles. The standard InChI is InChI=1S/C11H17N3O4S/c1-7(8-2-3-18-6-8)14-11(15)10-4-9(5-13-10)19(12,16)17/h4-5,7-8,13H,2-3,6H2,1H3,(H,14,15)(H2,12,16,17). The van der Waals surface area contributed by atoms with E-state index in [1.165, 1.54) is 12.3 Å². The lowest BCUT2D eigenvalue weighted by Gasteiger charge is -2.18. The Bertz CT molecular complexity index is 560. The van der Waals surface area contributed by atoms with Gasteiger partial charge in [0.05, 0.1) is 11.5 Å². The number of H-pyrrole nitrogens is 1. The van der Waals surface area contributed by atoms with Crippen LogP contribution in [-0.4, -0.2) is 38.6 Å². The number of sulfonamides is 1. The zero-order chi connectivity index (χ0) is 14.0. The molecule has 0 aliphatic carbocycles. The van der Waals surface area contributed by atoms with Crippen molar-refractivity contribution in [2.75, 3.05) is 13.2 Å². The molecule has 2 atom stereocenters. The van der Waals surface area contributed by atoms with Gasteiger partial charge in [-0.1, -0.05) is 0 Å². The second-order valence-corrected chi connectivity index (χ2v) is 6.24. The van der Waals surface area contributed by atoms with Crippen LogP contribution in [0.2, 0.25) is 0 Å². The number of ether oxygens (including phenoxy) is 1. The summed E-state index contributed by atoms with van der Waals surface area (Å²) in [5, 5.41) is 7.79. The van der Waals surface area contributed by atoms with Gasteiger partial charge in [0, 0.05) is 24.8 Å². The monoisotopic (exact) mass is 287 g/mol. The number of aromatic nitrogens is 1. The minimum atomic E-state index is -3.79. The number of nitrogens with one attached hydrogen (secondary N) is 2. The normalized spacial score (nSPS) is 21.3. The molecule has 0 radical (unpaired) electrons. The lowest BCUT2D eigenvalue weighted by atomic mass is 10.0. The summed E-state index contributed by atoms with van der Waals surface area (Å²) < 4.78 is 27.5. The molecule has 1 aliphatic rings. The summed E-state index contributed by atoms with van der Waals surface area (Å²) in [4.78, 5) is 14.4. The second kappa shape index (κ2) is 5.32. The molecule has 1 aromatic rings. The number of hydrogen-bond acceptors (Lipinski definition) is 4. The fourth-order valence-electron chi connectivity index (χ4n) is 2.02. The third-order valence-electron chi connectivity index (χ3n) is 3.26. The molecule has 2 unspecified atom stereocenters. The number of primary sulfonamides is 1. The predicted molar refractivity (Wildman–Crippen MR) is 68.0 cm³/mol. The van der Waals surface area contributed by atoms with Crippen molar-refractivity contribution in [1.82, 2.24) is 10.3 Å². The number of aromatic amines is 1. The van der Waals surface area contributed by atoms with E-state index in [4.69, 9.17) is 9.88 Å². The van der Waals surface area contributed by atoms with Gasteiger partial charge in [-0.3, -0.25) is 4.79 Å². The average Bonchev–Trinajstić information content (AvgIpc) is 3.00. The summed E-state index contributed by atoms with van der Waals surface area (Å²) in [6.07, 6.45) is 2.11. The van der Waals surface area contributed by atoms with Gasteiger partial charge in [0.2, 0.25) is 10.0 Å². The summed E-state index contributed by atoms with van der Waals surface area (Å²) in [6, 6.07) is 1.19. The third kappa shape index (κ3) is 3.34. The number of nitrogens with two attached hydrogens (primary N) is 1. The SMILES string of the molecule is CC(NC(=O)c1cc(S(N)(=O)=O)c[nH]1)C1CCOC1. The van der Waals surface area contributed by atoms with E-state index < -0.39 is 10.0 Å². The van der Waals surface area contributed by atoms with Gasteiger partial charge in [-0.25, -0.2) is 13.6 Å². The van der Waals surface area contributed by atoms with Gasteiger partial charge in [-0.15, -0.1) is 0 Å². The molecule has 0 spiro atoms. The highest BCUT2D eigenvalue weighted by atomic mass is 32.2. The summed E-state index contributed by atoms with van der Waals surface area (Å²) >= 11 is 0. The first-order valence-electron chi connectivity index (χ1n) is 5.98. The Kier molecular flexibility index (Phi) is 3.93. The Balaban J connectivity index is 2.01. The molecular formula is C11H17N3O4S. The number of amides is 1. The summed E-state index contributed by atoms with van der Waals surface area (Å²) in [6.45, 7) is 3.25. The fourth-order valence-corrected chi connectivity index (χ4v) is 2.52. The molecular weight excluding hydrogens is 270 g/mol. The highest BCUT2D eigenvalue weighted by molar-refractivity contribution is 7.89. The van der Waals surface area contributed by atoms with Crippen LogP contribution in [0.1, 0.15) is 23.8 Å². The lowest BCUT2D eigenvalue weighted by molar-refractivity contribution is 0.0917. The van der Waals surface area contributed by atoms with E-state index in [-0.39, 0.29) is 28.5 Å². The van der Waals surface area contributed by atoms with E-state index in [1.807, 2.05) is 6.92 Å². The highest BCUT2D eigenvalue weighted by Gasteiger charge is 2.24. The van der Waals surface area contributed by atoms with Crippen LogP contribution >= 0.6 is 0 Å². The smallest absolute Gasteiger partial charge is 0.267 e. The number of carbonyl (C=O) groups is 1. The van der Waals surface area contributed by atoms with Crippen LogP contribution in [0.25, 0.3) is 0 Å². The van der Waals surface area contributed by atoms with Crippen molar-refractivity contribution in [2.45, 2.75) is 24.3 Å². The molecule has 7 nitrogen and oxygen atoms in total. The molecule has 0 bridgehead atoms. The first-order valence-corrected chi connectivity index (χ1v) is 7.52. The number of carbonyl (C=O) groups excluding carboxylic acids is 1. The van der Waals surface area contributed by atoms with Crippen molar-refractivity contribution in [3.05, 3.63) is 18.0 Å². The minimum absolute atomic E-state index is 0.0313.